The molecule has 0 radical (unpaired) electrons. The number of nitrogens with one attached hydrogen (secondary N) is 1. The molecule has 0 atom stereocenters. The van der Waals surface area contributed by atoms with E-state index in [1.807, 2.05) is 4.90 Å². The Hall–Kier alpha value is -1.92. The molecule has 1 aliphatic rings. The Balaban J connectivity index is 1.86. The Kier molecular flexibility index (Phi) is 3.88. The maximum Gasteiger partial charge on any atom is 0.255 e. The van der Waals surface area contributed by atoms with Gasteiger partial charge in [0.2, 0.25) is 0 Å². The molecule has 3 rings (SSSR count). The van der Waals surface area contributed by atoms with Crippen LogP contribution in [0, 0.1) is 12.7 Å². The second-order valence-corrected chi connectivity index (χ2v) is 5.84. The number of nitrogens with zero attached hydrogens (tertiary/aromatic N) is 2. The number of rotatable bonds is 2. The van der Waals surface area contributed by atoms with Gasteiger partial charge in [-0.25, -0.2) is 9.37 Å². The first-order valence-electron chi connectivity index (χ1n) is 6.92. The lowest BCUT2D eigenvalue weighted by molar-refractivity contribution is 0.238. The number of fused-ring (bicyclic) bond motifs is 1. The third-order valence-corrected chi connectivity index (χ3v) is 4.06. The lowest BCUT2D eigenvalue weighted by atomic mass is 10.1. The van der Waals surface area contributed by atoms with Crippen molar-refractivity contribution in [2.24, 2.45) is 0 Å². The van der Waals surface area contributed by atoms with Crippen LogP contribution in [0.25, 0.3) is 0 Å². The molecule has 116 valence electrons. The molecule has 0 spiro atoms. The Morgan fingerprint density at radius 2 is 2.27 bits per heavy atom. The first-order chi connectivity index (χ1) is 10.4. The number of aromatic nitrogens is 2. The molecule has 0 fully saturated rings. The Morgan fingerprint density at radius 3 is 3.05 bits per heavy atom. The van der Waals surface area contributed by atoms with Crippen molar-refractivity contribution in [2.75, 3.05) is 6.54 Å². The van der Waals surface area contributed by atoms with Crippen molar-refractivity contribution in [3.63, 3.8) is 0 Å². The van der Waals surface area contributed by atoms with Gasteiger partial charge in [0.1, 0.15) is 17.4 Å². The number of aromatic amines is 1. The predicted octanol–water partition coefficient (Wildman–Crippen LogP) is 2.13. The molecule has 1 aromatic heterocycles. The fourth-order valence-corrected chi connectivity index (χ4v) is 2.95. The van der Waals surface area contributed by atoms with Gasteiger partial charge in [-0.05, 0) is 19.1 Å². The number of aryl methyl sites for hydroxylation is 1. The highest BCUT2D eigenvalue weighted by Crippen LogP contribution is 2.30. The van der Waals surface area contributed by atoms with Crippen molar-refractivity contribution in [1.29, 1.82) is 0 Å². The fraction of sp³-hybridized carbons (Fsp3) is 0.333. The summed E-state index contributed by atoms with van der Waals surface area (Å²) < 4.78 is 13.4. The van der Waals surface area contributed by atoms with Crippen molar-refractivity contribution in [3.05, 3.63) is 56.0 Å². The molecular weight excluding hydrogens is 309 g/mol. The van der Waals surface area contributed by atoms with Crippen LogP contribution in [0.2, 0.25) is 5.02 Å². The second-order valence-electron chi connectivity index (χ2n) is 5.43. The summed E-state index contributed by atoms with van der Waals surface area (Å²) in [6, 6.07) is 2.33. The van der Waals surface area contributed by atoms with Crippen molar-refractivity contribution < 1.29 is 9.50 Å². The number of H-pyrrole nitrogens is 1. The van der Waals surface area contributed by atoms with Gasteiger partial charge in [0, 0.05) is 31.6 Å². The Labute approximate surface area is 131 Å². The first kappa shape index (κ1) is 15.0. The summed E-state index contributed by atoms with van der Waals surface area (Å²) in [6.45, 7) is 3.15. The van der Waals surface area contributed by atoms with E-state index in [2.05, 4.69) is 9.97 Å². The van der Waals surface area contributed by atoms with Gasteiger partial charge >= 0.3 is 0 Å². The molecule has 0 saturated heterocycles. The highest BCUT2D eigenvalue weighted by Gasteiger charge is 2.22. The molecule has 0 aliphatic carbocycles. The molecule has 2 N–H and O–H groups in total. The van der Waals surface area contributed by atoms with Crippen LogP contribution in [-0.4, -0.2) is 26.5 Å². The standard InChI is InChI=1S/C15H15ClFN3O2/c1-8-18-13-2-3-20(7-11(13)15(22)19-8)6-9-4-10(17)5-12(16)14(9)21/h4-5,21H,2-3,6-7H2,1H3,(H,18,19,22). The van der Waals surface area contributed by atoms with Crippen LogP contribution in [0.4, 0.5) is 4.39 Å². The van der Waals surface area contributed by atoms with Crippen LogP contribution < -0.4 is 5.56 Å². The van der Waals surface area contributed by atoms with E-state index >= 15 is 0 Å². The molecule has 0 saturated carbocycles. The highest BCUT2D eigenvalue weighted by molar-refractivity contribution is 6.32. The number of halogens is 2. The zero-order chi connectivity index (χ0) is 15.9. The summed E-state index contributed by atoms with van der Waals surface area (Å²) in [6.07, 6.45) is 0.643. The monoisotopic (exact) mass is 323 g/mol. The molecule has 0 unspecified atom stereocenters. The summed E-state index contributed by atoms with van der Waals surface area (Å²) in [5.41, 5.74) is 1.69. The summed E-state index contributed by atoms with van der Waals surface area (Å²) >= 11 is 5.79. The maximum absolute atomic E-state index is 13.4. The zero-order valence-corrected chi connectivity index (χ0v) is 12.7. The fourth-order valence-electron chi connectivity index (χ4n) is 2.72. The van der Waals surface area contributed by atoms with Gasteiger partial charge in [-0.3, -0.25) is 9.69 Å². The quantitative estimate of drug-likeness (QED) is 0.888. The maximum atomic E-state index is 13.4. The number of hydrogen-bond acceptors (Lipinski definition) is 4. The predicted molar refractivity (Wildman–Crippen MR) is 80.5 cm³/mol. The van der Waals surface area contributed by atoms with Crippen LogP contribution in [-0.2, 0) is 19.5 Å². The lowest BCUT2D eigenvalue weighted by Gasteiger charge is -2.27. The Morgan fingerprint density at radius 1 is 1.50 bits per heavy atom. The minimum Gasteiger partial charge on any atom is -0.506 e. The van der Waals surface area contributed by atoms with Gasteiger partial charge in [0.25, 0.3) is 5.56 Å². The van der Waals surface area contributed by atoms with Crippen LogP contribution in [0.1, 0.15) is 22.6 Å². The second kappa shape index (κ2) is 5.70. The van der Waals surface area contributed by atoms with Gasteiger partial charge in [0.15, 0.2) is 0 Å². The third kappa shape index (κ3) is 2.84. The van der Waals surface area contributed by atoms with Gasteiger partial charge in [-0.2, -0.15) is 0 Å². The van der Waals surface area contributed by atoms with E-state index in [1.54, 1.807) is 6.92 Å². The summed E-state index contributed by atoms with van der Waals surface area (Å²) in [4.78, 5) is 21.0. The van der Waals surface area contributed by atoms with Crippen molar-refractivity contribution in [1.82, 2.24) is 14.9 Å². The summed E-state index contributed by atoms with van der Waals surface area (Å²) in [7, 11) is 0. The van der Waals surface area contributed by atoms with E-state index < -0.39 is 5.82 Å². The molecule has 22 heavy (non-hydrogen) atoms. The highest BCUT2D eigenvalue weighted by atomic mass is 35.5. The molecular formula is C15H15ClFN3O2. The van der Waals surface area contributed by atoms with Crippen LogP contribution in [0.3, 0.4) is 0 Å². The number of phenolic OH excluding ortho intramolecular Hbond substituents is 1. The molecule has 2 heterocycles. The van der Waals surface area contributed by atoms with E-state index in [0.29, 0.717) is 43.0 Å². The van der Waals surface area contributed by atoms with Gasteiger partial charge in [-0.15, -0.1) is 0 Å². The van der Waals surface area contributed by atoms with Crippen molar-refractivity contribution in [2.45, 2.75) is 26.4 Å². The lowest BCUT2D eigenvalue weighted by Crippen LogP contribution is -2.35. The van der Waals surface area contributed by atoms with Gasteiger partial charge < -0.3 is 10.1 Å². The average molecular weight is 324 g/mol. The molecule has 5 nitrogen and oxygen atoms in total. The molecule has 0 amide bonds. The molecule has 0 bridgehead atoms. The number of aromatic hydroxyl groups is 1. The third-order valence-electron chi connectivity index (χ3n) is 3.77. The SMILES string of the molecule is Cc1nc2c(c(=O)[nH]1)CN(Cc1cc(F)cc(Cl)c1O)CC2. The van der Waals surface area contributed by atoms with Gasteiger partial charge in [-0.1, -0.05) is 11.6 Å². The van der Waals surface area contributed by atoms with Crippen molar-refractivity contribution in [3.8, 4) is 5.75 Å². The van der Waals surface area contributed by atoms with E-state index in [4.69, 9.17) is 11.6 Å². The molecule has 1 aliphatic heterocycles. The zero-order valence-electron chi connectivity index (χ0n) is 12.0. The average Bonchev–Trinajstić information content (AvgIpc) is 2.45. The van der Waals surface area contributed by atoms with E-state index in [9.17, 15) is 14.3 Å². The first-order valence-corrected chi connectivity index (χ1v) is 7.29. The van der Waals surface area contributed by atoms with Crippen molar-refractivity contribution >= 4 is 11.6 Å². The van der Waals surface area contributed by atoms with Crippen LogP contribution >= 0.6 is 11.6 Å². The topological polar surface area (TPSA) is 69.2 Å². The molecule has 2 aromatic rings. The number of hydrogen-bond donors (Lipinski definition) is 2. The summed E-state index contributed by atoms with van der Waals surface area (Å²) in [5.74, 6) is -0.0121. The largest absolute Gasteiger partial charge is 0.506 e. The Bertz CT molecular complexity index is 791. The minimum absolute atomic E-state index is 0.0115. The molecule has 1 aromatic carbocycles. The smallest absolute Gasteiger partial charge is 0.255 e. The van der Waals surface area contributed by atoms with Gasteiger partial charge in [0.05, 0.1) is 16.3 Å². The van der Waals surface area contributed by atoms with E-state index in [0.717, 1.165) is 11.8 Å². The van der Waals surface area contributed by atoms with E-state index in [-0.39, 0.29) is 16.3 Å². The minimum atomic E-state index is -0.495. The van der Waals surface area contributed by atoms with Crippen LogP contribution in [0.15, 0.2) is 16.9 Å². The normalized spacial score (nSPS) is 14.9. The van der Waals surface area contributed by atoms with Crippen LogP contribution in [0.5, 0.6) is 5.75 Å². The summed E-state index contributed by atoms with van der Waals surface area (Å²) in [5, 5.41) is 9.92. The molecule has 7 heteroatoms. The van der Waals surface area contributed by atoms with E-state index in [1.165, 1.54) is 6.07 Å². The number of phenols is 1. The number of benzene rings is 1.